The van der Waals surface area contributed by atoms with E-state index in [1.165, 1.54) is 92.0 Å². The Hall–Kier alpha value is 4.12. The average Bonchev–Trinajstić information content (AvgIpc) is 3.47. The first-order valence-electron chi connectivity index (χ1n) is 11.8. The lowest BCUT2D eigenvalue weighted by molar-refractivity contribution is 1.45. The fourth-order valence-electron chi connectivity index (χ4n) is 2.92. The molecule has 0 aromatic rings. The number of rotatable bonds is 0. The lowest BCUT2D eigenvalue weighted by Gasteiger charge is -2.07. The highest BCUT2D eigenvalue weighted by molar-refractivity contribution is 8.45. The van der Waals surface area contributed by atoms with Gasteiger partial charge in [0.1, 0.15) is 0 Å². The Kier molecular flexibility index (Phi) is 19.2. The van der Waals surface area contributed by atoms with E-state index in [0.29, 0.717) is 0 Å². The number of thioether (sulfide) groups is 14. The van der Waals surface area contributed by atoms with Gasteiger partial charge in [0.2, 0.25) is 0 Å². The van der Waals surface area contributed by atoms with Gasteiger partial charge in [-0.3, -0.25) is 0 Å². The zero-order valence-electron chi connectivity index (χ0n) is 20.0. The number of fused-ring (bicyclic) bond motifs is 4. The maximum absolute atomic E-state index is 2.15. The first kappa shape index (κ1) is 33.0. The van der Waals surface area contributed by atoms with Crippen molar-refractivity contribution >= 4 is 165 Å². The van der Waals surface area contributed by atoms with Crippen LogP contribution in [0.25, 0.3) is 0 Å². The molecule has 0 radical (unpaired) electrons. The van der Waals surface area contributed by atoms with Crippen molar-refractivity contribution in [1.29, 1.82) is 0 Å². The third-order valence-corrected chi connectivity index (χ3v) is 24.1. The van der Waals surface area contributed by atoms with Crippen LogP contribution in [0.2, 0.25) is 0 Å². The molecule has 0 spiro atoms. The van der Waals surface area contributed by atoms with Crippen molar-refractivity contribution in [2.24, 2.45) is 0 Å². The van der Waals surface area contributed by atoms with Gasteiger partial charge < -0.3 is 0 Å². The Balaban J connectivity index is 1.45. The van der Waals surface area contributed by atoms with Gasteiger partial charge in [-0.25, -0.2) is 0 Å². The summed E-state index contributed by atoms with van der Waals surface area (Å²) in [4.78, 5) is 0. The molecule has 0 saturated heterocycles. The van der Waals surface area contributed by atoms with Gasteiger partial charge >= 0.3 is 0 Å². The third kappa shape index (κ3) is 12.8. The second kappa shape index (κ2) is 20.9. The summed E-state index contributed by atoms with van der Waals surface area (Å²) in [5.41, 5.74) is 0. The largest absolute Gasteiger partial charge is 0.160 e. The quantitative estimate of drug-likeness (QED) is 0.231. The highest BCUT2D eigenvalue weighted by atomic mass is 32.3. The molecule has 0 fully saturated rings. The average molecular weight is 745 g/mol. The molecule has 0 nitrogen and oxygen atoms in total. The molecule has 0 aliphatic carbocycles. The Labute approximate surface area is 278 Å². The van der Waals surface area contributed by atoms with Crippen molar-refractivity contribution in [3.05, 3.63) is 25.4 Å². The smallest absolute Gasteiger partial charge is 0.0717 e. The molecule has 6 bridgehead atoms. The predicted octanol–water partition coefficient (Wildman–Crippen LogP) is 10.7. The van der Waals surface area contributed by atoms with Crippen LogP contribution in [0.1, 0.15) is 0 Å². The van der Waals surface area contributed by atoms with Gasteiger partial charge in [-0.1, -0.05) is 47.0 Å². The van der Waals surface area contributed by atoms with Crippen LogP contribution in [-0.2, 0) is 0 Å². The van der Waals surface area contributed by atoms with Gasteiger partial charge in [0, 0.05) is 92.0 Å². The zero-order chi connectivity index (χ0) is 24.7. The van der Waals surface area contributed by atoms with Gasteiger partial charge in [0.05, 0.1) is 25.4 Å². The van der Waals surface area contributed by atoms with E-state index >= 15 is 0 Å². The Morgan fingerprint density at radius 2 is 0.417 bits per heavy atom. The SMILES string of the molecule is C1CSCCSC2=C3SCCSCCSCCSCCSC4=C(SCCSCCS1)SC(=C(S2)S3)S4. The molecule has 0 aromatic carbocycles. The van der Waals surface area contributed by atoms with Crippen LogP contribution >= 0.6 is 165 Å². The summed E-state index contributed by atoms with van der Waals surface area (Å²) in [6.45, 7) is 0. The summed E-state index contributed by atoms with van der Waals surface area (Å²) in [6.07, 6.45) is 0. The van der Waals surface area contributed by atoms with E-state index in [0.717, 1.165) is 0 Å². The summed E-state index contributed by atoms with van der Waals surface area (Å²) in [7, 11) is 0. The van der Waals surface area contributed by atoms with Gasteiger partial charge in [0.15, 0.2) is 0 Å². The minimum Gasteiger partial charge on any atom is -0.160 e. The molecule has 0 unspecified atom stereocenters. The fraction of sp³-hybridized carbons (Fsp3) is 0.727. The number of hydrogen-bond donors (Lipinski definition) is 0. The molecule has 0 amide bonds. The molecule has 0 atom stereocenters. The van der Waals surface area contributed by atoms with Gasteiger partial charge in [-0.2, -0.15) is 70.6 Å². The molecule has 0 N–H and O–H groups in total. The summed E-state index contributed by atoms with van der Waals surface area (Å²) in [5, 5.41) is 0. The van der Waals surface area contributed by atoms with Crippen LogP contribution in [0.5, 0.6) is 0 Å². The van der Waals surface area contributed by atoms with Gasteiger partial charge in [0.25, 0.3) is 0 Å². The summed E-state index contributed by atoms with van der Waals surface area (Å²) in [6, 6.07) is 0. The lowest BCUT2D eigenvalue weighted by atomic mass is 10.9. The van der Waals surface area contributed by atoms with Crippen molar-refractivity contribution in [3.8, 4) is 0 Å². The predicted molar refractivity (Wildman–Crippen MR) is 205 cm³/mol. The standard InChI is InChI=1S/C22H32S14/c1-5-25-9-13-29-17-18-31-15-11-27-7-3-24-4-8-28-12-16-32-20-19(30-14-10-26-6-2-23-1)35-22(36-20)21(33-17)34-18/h1-16H2. The summed E-state index contributed by atoms with van der Waals surface area (Å²) < 4.78 is 9.44. The molecule has 0 saturated carbocycles. The van der Waals surface area contributed by atoms with E-state index in [2.05, 4.69) is 165 Å². The minimum atomic E-state index is 1.24. The second-order valence-electron chi connectivity index (χ2n) is 7.20. The first-order chi connectivity index (χ1) is 17.9. The zero-order valence-corrected chi connectivity index (χ0v) is 31.5. The van der Waals surface area contributed by atoms with E-state index < -0.39 is 0 Å². The monoisotopic (exact) mass is 744 g/mol. The van der Waals surface area contributed by atoms with Crippen LogP contribution in [0, 0.1) is 0 Å². The Morgan fingerprint density at radius 3 is 0.639 bits per heavy atom. The maximum Gasteiger partial charge on any atom is 0.0717 e. The Bertz CT molecular complexity index is 646. The van der Waals surface area contributed by atoms with Crippen molar-refractivity contribution in [1.82, 2.24) is 0 Å². The number of hydrogen-bond acceptors (Lipinski definition) is 14. The molecule has 14 heteroatoms. The normalized spacial score (nSPS) is 26.0. The molecule has 4 heterocycles. The molecule has 4 rings (SSSR count). The lowest BCUT2D eigenvalue weighted by Crippen LogP contribution is -1.94. The van der Waals surface area contributed by atoms with E-state index in [-0.39, 0.29) is 0 Å². The maximum atomic E-state index is 2.15. The second-order valence-corrected chi connectivity index (χ2v) is 24.6. The van der Waals surface area contributed by atoms with Gasteiger partial charge in [-0.05, 0) is 0 Å². The third-order valence-electron chi connectivity index (χ3n) is 4.57. The van der Waals surface area contributed by atoms with E-state index in [1.54, 1.807) is 25.4 Å². The van der Waals surface area contributed by atoms with Crippen molar-refractivity contribution in [2.75, 3.05) is 92.0 Å². The Morgan fingerprint density at radius 1 is 0.222 bits per heavy atom. The highest BCUT2D eigenvalue weighted by Gasteiger charge is 2.30. The molecule has 0 aromatic heterocycles. The highest BCUT2D eigenvalue weighted by Crippen LogP contribution is 2.66. The van der Waals surface area contributed by atoms with Gasteiger partial charge in [-0.15, -0.1) is 47.0 Å². The molecular formula is C22H32S14. The molecule has 204 valence electrons. The fourth-order valence-corrected chi connectivity index (χ4v) is 22.0. The first-order valence-corrected chi connectivity index (χ1v) is 26.0. The van der Waals surface area contributed by atoms with Crippen molar-refractivity contribution in [3.63, 3.8) is 0 Å². The van der Waals surface area contributed by atoms with Crippen LogP contribution in [0.15, 0.2) is 25.4 Å². The van der Waals surface area contributed by atoms with Crippen LogP contribution < -0.4 is 0 Å². The molecular weight excluding hydrogens is 713 g/mol. The topological polar surface area (TPSA) is 0 Å². The minimum absolute atomic E-state index is 1.24. The van der Waals surface area contributed by atoms with Crippen LogP contribution in [0.3, 0.4) is 0 Å². The van der Waals surface area contributed by atoms with E-state index in [1.807, 2.05) is 0 Å². The van der Waals surface area contributed by atoms with Crippen molar-refractivity contribution in [2.45, 2.75) is 0 Å². The molecule has 4 aliphatic heterocycles. The molecule has 4 aliphatic rings. The summed E-state index contributed by atoms with van der Waals surface area (Å²) in [5.74, 6) is 20.5. The van der Waals surface area contributed by atoms with E-state index in [9.17, 15) is 0 Å². The van der Waals surface area contributed by atoms with Crippen molar-refractivity contribution < 1.29 is 0 Å². The van der Waals surface area contributed by atoms with E-state index in [4.69, 9.17) is 0 Å². The van der Waals surface area contributed by atoms with Crippen LogP contribution in [0.4, 0.5) is 0 Å². The van der Waals surface area contributed by atoms with Crippen LogP contribution in [-0.4, -0.2) is 92.0 Å². The molecule has 36 heavy (non-hydrogen) atoms. The summed E-state index contributed by atoms with van der Waals surface area (Å²) >= 11 is 29.7.